The number of nitrogens with zero attached hydrogens (tertiary/aromatic N) is 2. The first-order chi connectivity index (χ1) is 7.66. The topological polar surface area (TPSA) is 43.8 Å². The minimum atomic E-state index is 0.104. The summed E-state index contributed by atoms with van der Waals surface area (Å²) in [6.45, 7) is 2.73. The quantitative estimate of drug-likeness (QED) is 0.889. The maximum Gasteiger partial charge on any atom is 0.0951 e. The lowest BCUT2D eigenvalue weighted by molar-refractivity contribution is 0.593. The molecule has 0 radical (unpaired) electrons. The van der Waals surface area contributed by atoms with Crippen molar-refractivity contribution in [3.63, 3.8) is 0 Å². The van der Waals surface area contributed by atoms with Gasteiger partial charge in [-0.2, -0.15) is 0 Å². The van der Waals surface area contributed by atoms with Crippen LogP contribution < -0.4 is 5.73 Å². The lowest BCUT2D eigenvalue weighted by Crippen LogP contribution is -2.22. The van der Waals surface area contributed by atoms with Gasteiger partial charge in [0.2, 0.25) is 0 Å². The predicted octanol–water partition coefficient (Wildman–Crippen LogP) is 2.55. The molecule has 84 valence electrons. The number of nitrogens with two attached hydrogens (primary N) is 1. The third-order valence-electron chi connectivity index (χ3n) is 2.32. The SMILES string of the molecule is CC(N)Cn1cncc1-c1cccc(Cl)c1. The van der Waals surface area contributed by atoms with Crippen LogP contribution in [0.3, 0.4) is 0 Å². The zero-order chi connectivity index (χ0) is 11.5. The normalized spacial score (nSPS) is 12.7. The molecule has 1 unspecified atom stereocenters. The Balaban J connectivity index is 2.37. The van der Waals surface area contributed by atoms with Crippen molar-refractivity contribution >= 4 is 11.6 Å². The lowest BCUT2D eigenvalue weighted by Gasteiger charge is -2.10. The summed E-state index contributed by atoms with van der Waals surface area (Å²) in [4.78, 5) is 4.15. The van der Waals surface area contributed by atoms with Crippen molar-refractivity contribution in [1.82, 2.24) is 9.55 Å². The molecule has 0 aliphatic rings. The molecule has 0 amide bonds. The predicted molar refractivity (Wildman–Crippen MR) is 66.3 cm³/mol. The van der Waals surface area contributed by atoms with E-state index < -0.39 is 0 Å². The van der Waals surface area contributed by atoms with E-state index in [-0.39, 0.29) is 6.04 Å². The fourth-order valence-electron chi connectivity index (χ4n) is 1.66. The van der Waals surface area contributed by atoms with Crippen LogP contribution in [-0.2, 0) is 6.54 Å². The molecule has 3 nitrogen and oxygen atoms in total. The minimum Gasteiger partial charge on any atom is -0.329 e. The number of rotatable bonds is 3. The van der Waals surface area contributed by atoms with Crippen LogP contribution in [0.2, 0.25) is 5.02 Å². The molecule has 1 atom stereocenters. The van der Waals surface area contributed by atoms with Crippen LogP contribution in [-0.4, -0.2) is 15.6 Å². The molecule has 0 saturated heterocycles. The highest BCUT2D eigenvalue weighted by molar-refractivity contribution is 6.30. The van der Waals surface area contributed by atoms with E-state index in [4.69, 9.17) is 17.3 Å². The van der Waals surface area contributed by atoms with Crippen LogP contribution in [0.1, 0.15) is 6.92 Å². The Kier molecular flexibility index (Phi) is 3.27. The molecular formula is C12H14ClN3. The van der Waals surface area contributed by atoms with Gasteiger partial charge in [0, 0.05) is 23.2 Å². The molecule has 1 aromatic heterocycles. The Morgan fingerprint density at radius 1 is 1.50 bits per heavy atom. The molecule has 2 N–H and O–H groups in total. The number of hydrogen-bond acceptors (Lipinski definition) is 2. The molecule has 2 rings (SSSR count). The van der Waals surface area contributed by atoms with Crippen molar-refractivity contribution in [1.29, 1.82) is 0 Å². The van der Waals surface area contributed by atoms with Gasteiger partial charge >= 0.3 is 0 Å². The summed E-state index contributed by atoms with van der Waals surface area (Å²) in [7, 11) is 0. The highest BCUT2D eigenvalue weighted by atomic mass is 35.5. The van der Waals surface area contributed by atoms with E-state index in [9.17, 15) is 0 Å². The third kappa shape index (κ3) is 2.43. The monoisotopic (exact) mass is 235 g/mol. The Morgan fingerprint density at radius 3 is 3.00 bits per heavy atom. The van der Waals surface area contributed by atoms with Gasteiger partial charge in [0.15, 0.2) is 0 Å². The average molecular weight is 236 g/mol. The standard InChI is InChI=1S/C12H14ClN3/c1-9(14)7-16-8-15-6-12(16)10-3-2-4-11(13)5-10/h2-6,8-9H,7,14H2,1H3. The van der Waals surface area contributed by atoms with Crippen LogP contribution in [0.15, 0.2) is 36.8 Å². The van der Waals surface area contributed by atoms with Gasteiger partial charge in [-0.05, 0) is 19.1 Å². The molecule has 1 heterocycles. The molecule has 1 aromatic carbocycles. The van der Waals surface area contributed by atoms with Crippen molar-refractivity contribution < 1.29 is 0 Å². The van der Waals surface area contributed by atoms with Gasteiger partial charge in [-0.25, -0.2) is 4.98 Å². The lowest BCUT2D eigenvalue weighted by atomic mass is 10.1. The summed E-state index contributed by atoms with van der Waals surface area (Å²) in [6, 6.07) is 7.84. The van der Waals surface area contributed by atoms with Crippen molar-refractivity contribution in [3.8, 4) is 11.3 Å². The third-order valence-corrected chi connectivity index (χ3v) is 2.55. The first-order valence-corrected chi connectivity index (χ1v) is 5.56. The van der Waals surface area contributed by atoms with Gasteiger partial charge < -0.3 is 10.3 Å². The highest BCUT2D eigenvalue weighted by Gasteiger charge is 2.06. The van der Waals surface area contributed by atoms with E-state index in [2.05, 4.69) is 4.98 Å². The van der Waals surface area contributed by atoms with Crippen molar-refractivity contribution in [3.05, 3.63) is 41.8 Å². The summed E-state index contributed by atoms with van der Waals surface area (Å²) >= 11 is 5.97. The second-order valence-electron chi connectivity index (χ2n) is 3.92. The summed E-state index contributed by atoms with van der Waals surface area (Å²) in [5, 5.41) is 0.728. The summed E-state index contributed by atoms with van der Waals surface area (Å²) in [5.74, 6) is 0. The molecule has 2 aromatic rings. The molecule has 0 saturated carbocycles. The number of benzene rings is 1. The Bertz CT molecular complexity index is 477. The van der Waals surface area contributed by atoms with Gasteiger partial charge in [0.05, 0.1) is 18.2 Å². The van der Waals surface area contributed by atoms with Gasteiger partial charge in [0.25, 0.3) is 0 Å². The molecule has 0 aliphatic carbocycles. The van der Waals surface area contributed by atoms with E-state index in [0.717, 1.165) is 22.8 Å². The Morgan fingerprint density at radius 2 is 2.31 bits per heavy atom. The largest absolute Gasteiger partial charge is 0.329 e. The van der Waals surface area contributed by atoms with Crippen LogP contribution in [0.5, 0.6) is 0 Å². The number of imidazole rings is 1. The first kappa shape index (κ1) is 11.2. The van der Waals surface area contributed by atoms with Crippen LogP contribution in [0.4, 0.5) is 0 Å². The molecule has 4 heteroatoms. The van der Waals surface area contributed by atoms with Crippen molar-refractivity contribution in [2.45, 2.75) is 19.5 Å². The van der Waals surface area contributed by atoms with E-state index in [1.54, 1.807) is 6.33 Å². The van der Waals surface area contributed by atoms with Gasteiger partial charge in [0.1, 0.15) is 0 Å². The number of hydrogen-bond donors (Lipinski definition) is 1. The summed E-state index contributed by atoms with van der Waals surface area (Å²) in [5.41, 5.74) is 7.89. The Hall–Kier alpha value is -1.32. The van der Waals surface area contributed by atoms with Crippen molar-refractivity contribution in [2.75, 3.05) is 0 Å². The van der Waals surface area contributed by atoms with E-state index in [0.29, 0.717) is 0 Å². The van der Waals surface area contributed by atoms with Crippen LogP contribution in [0, 0.1) is 0 Å². The zero-order valence-corrected chi connectivity index (χ0v) is 9.85. The molecule has 16 heavy (non-hydrogen) atoms. The molecular weight excluding hydrogens is 222 g/mol. The number of halogens is 1. The minimum absolute atomic E-state index is 0.104. The fraction of sp³-hybridized carbons (Fsp3) is 0.250. The molecule has 0 spiro atoms. The smallest absolute Gasteiger partial charge is 0.0951 e. The zero-order valence-electron chi connectivity index (χ0n) is 9.10. The summed E-state index contributed by atoms with van der Waals surface area (Å²) in [6.07, 6.45) is 3.62. The highest BCUT2D eigenvalue weighted by Crippen LogP contribution is 2.22. The van der Waals surface area contributed by atoms with Gasteiger partial charge in [-0.1, -0.05) is 23.7 Å². The second kappa shape index (κ2) is 4.68. The number of aromatic nitrogens is 2. The van der Waals surface area contributed by atoms with Gasteiger partial charge in [-0.3, -0.25) is 0 Å². The molecule has 0 fully saturated rings. The van der Waals surface area contributed by atoms with Crippen molar-refractivity contribution in [2.24, 2.45) is 5.73 Å². The maximum atomic E-state index is 5.97. The fourth-order valence-corrected chi connectivity index (χ4v) is 1.85. The van der Waals surface area contributed by atoms with Crippen LogP contribution >= 0.6 is 11.6 Å². The molecule has 0 aliphatic heterocycles. The molecule has 0 bridgehead atoms. The maximum absolute atomic E-state index is 5.97. The van der Waals surface area contributed by atoms with E-state index in [1.807, 2.05) is 42.0 Å². The van der Waals surface area contributed by atoms with E-state index >= 15 is 0 Å². The van der Waals surface area contributed by atoms with Gasteiger partial charge in [-0.15, -0.1) is 0 Å². The van der Waals surface area contributed by atoms with Crippen LogP contribution in [0.25, 0.3) is 11.3 Å². The summed E-state index contributed by atoms with van der Waals surface area (Å²) < 4.78 is 2.04. The first-order valence-electron chi connectivity index (χ1n) is 5.18. The van der Waals surface area contributed by atoms with E-state index in [1.165, 1.54) is 0 Å². The second-order valence-corrected chi connectivity index (χ2v) is 4.36. The Labute approximate surface area is 99.9 Å². The average Bonchev–Trinajstić information content (AvgIpc) is 2.65.